The smallest absolute Gasteiger partial charge is 0.262 e. The Kier molecular flexibility index (Phi) is 9.86. The molecule has 1 aromatic heterocycles. The summed E-state index contributed by atoms with van der Waals surface area (Å²) >= 11 is 6.30. The summed E-state index contributed by atoms with van der Waals surface area (Å²) in [6, 6.07) is 11.4. The fourth-order valence-corrected chi connectivity index (χ4v) is 11.2. The van der Waals surface area contributed by atoms with E-state index in [0.29, 0.717) is 45.9 Å². The second-order valence-electron chi connectivity index (χ2n) is 18.2. The summed E-state index contributed by atoms with van der Waals surface area (Å²) in [5, 5.41) is 11.9. The quantitative estimate of drug-likeness (QED) is 0.320. The zero-order valence-corrected chi connectivity index (χ0v) is 35.0. The fraction of sp³-hybridized carbons (Fsp3) is 0.500. The van der Waals surface area contributed by atoms with Crippen LogP contribution in [0.4, 0.5) is 11.6 Å². The van der Waals surface area contributed by atoms with Crippen molar-refractivity contribution in [3.8, 4) is 11.8 Å². The minimum atomic E-state index is -0.982. The summed E-state index contributed by atoms with van der Waals surface area (Å²) in [6.07, 6.45) is 3.72. The van der Waals surface area contributed by atoms with E-state index in [1.807, 2.05) is 11.0 Å². The van der Waals surface area contributed by atoms with Crippen molar-refractivity contribution in [2.45, 2.75) is 78.1 Å². The van der Waals surface area contributed by atoms with Gasteiger partial charge < -0.3 is 19.4 Å². The average molecular weight is 834 g/mol. The molecule has 15 nitrogen and oxygen atoms in total. The lowest BCUT2D eigenvalue weighted by atomic mass is 9.49. The van der Waals surface area contributed by atoms with Gasteiger partial charge in [0.2, 0.25) is 17.8 Å². The number of hydrogen-bond acceptors (Lipinski definition) is 12. The van der Waals surface area contributed by atoms with Crippen LogP contribution >= 0.6 is 11.6 Å². The molecule has 3 saturated heterocycles. The van der Waals surface area contributed by atoms with Crippen LogP contribution in [0.15, 0.2) is 42.6 Å². The Hall–Kier alpha value is -5.59. The number of rotatable bonds is 8. The number of piperazine rings is 1. The first-order valence-corrected chi connectivity index (χ1v) is 21.1. The number of benzene rings is 2. The van der Waals surface area contributed by atoms with Gasteiger partial charge in [0.25, 0.3) is 17.7 Å². The highest BCUT2D eigenvalue weighted by Gasteiger charge is 2.67. The molecule has 2 aromatic carbocycles. The van der Waals surface area contributed by atoms with E-state index in [0.717, 1.165) is 74.9 Å². The number of nitrogens with one attached hydrogen (secondary N) is 1. The molecule has 6 aliphatic rings. The molecule has 0 bridgehead atoms. The minimum absolute atomic E-state index is 0.0578. The van der Waals surface area contributed by atoms with Gasteiger partial charge in [-0.1, -0.05) is 39.3 Å². The van der Waals surface area contributed by atoms with Crippen molar-refractivity contribution in [2.75, 3.05) is 55.6 Å². The summed E-state index contributed by atoms with van der Waals surface area (Å²) in [7, 11) is 0. The van der Waals surface area contributed by atoms with Gasteiger partial charge in [0.15, 0.2) is 0 Å². The maximum Gasteiger partial charge on any atom is 0.262 e. The highest BCUT2D eigenvalue weighted by molar-refractivity contribution is 6.31. The largest absolute Gasteiger partial charge is 0.489 e. The number of ether oxygens (including phenoxy) is 1. The molecule has 4 fully saturated rings. The zero-order valence-electron chi connectivity index (χ0n) is 34.2. The van der Waals surface area contributed by atoms with Gasteiger partial charge >= 0.3 is 0 Å². The van der Waals surface area contributed by atoms with Crippen LogP contribution in [0.25, 0.3) is 0 Å². The fourth-order valence-electron chi connectivity index (χ4n) is 11.0. The molecule has 312 valence electrons. The molecule has 60 heavy (non-hydrogen) atoms. The van der Waals surface area contributed by atoms with E-state index in [-0.39, 0.29) is 47.3 Å². The normalized spacial score (nSPS) is 25.2. The maximum absolute atomic E-state index is 13.8. The second kappa shape index (κ2) is 14.8. The number of nitrogens with zero attached hydrogens (tertiary/aromatic N) is 8. The standard InChI is InChI=1S/C44H48ClN9O6/c1-43(2)40(44(3,4)41(43)60-28-7-5-26(21-46)32(45)20-28)53-24-33-31(37(53)57)22-47-42(48-33)52-13-11-25(12-14-52)23-50-15-17-51(18-16-50)27-6-8-29-30(19-27)39(59)54(38(29)58)34-9-10-35(55)49-36(34)56/h5-8,19-20,22,25,34,40-41H,9-18,23-24H2,1-4H3,(H,49,55,56). The molecule has 1 N–H and O–H groups in total. The molecule has 5 aliphatic heterocycles. The molecular weight excluding hydrogens is 786 g/mol. The number of hydrogen-bond donors (Lipinski definition) is 1. The third-order valence-electron chi connectivity index (χ3n) is 13.6. The van der Waals surface area contributed by atoms with E-state index >= 15 is 0 Å². The van der Waals surface area contributed by atoms with Crippen molar-refractivity contribution in [1.29, 1.82) is 5.26 Å². The molecule has 1 saturated carbocycles. The van der Waals surface area contributed by atoms with Crippen LogP contribution in [0.1, 0.15) is 95.7 Å². The number of amides is 5. The third kappa shape index (κ3) is 6.64. The van der Waals surface area contributed by atoms with Gasteiger partial charge in [0.1, 0.15) is 24.0 Å². The maximum atomic E-state index is 13.8. The zero-order chi connectivity index (χ0) is 42.2. The number of halogens is 1. The van der Waals surface area contributed by atoms with Crippen molar-refractivity contribution < 1.29 is 28.7 Å². The highest BCUT2D eigenvalue weighted by atomic mass is 35.5. The highest BCUT2D eigenvalue weighted by Crippen LogP contribution is 2.59. The van der Waals surface area contributed by atoms with Crippen molar-refractivity contribution >= 4 is 52.8 Å². The predicted molar refractivity (Wildman–Crippen MR) is 221 cm³/mol. The SMILES string of the molecule is CC1(C)C(Oc2ccc(C#N)c(Cl)c2)C(C)(C)C1N1Cc2nc(N3CCC(CN4CCN(c5ccc6c(c5)C(=O)N(C5CCC(=O)NC5=O)C6=O)CC4)CC3)ncc2C1=O. The molecule has 6 heterocycles. The van der Waals surface area contributed by atoms with Gasteiger partial charge in [-0.15, -0.1) is 0 Å². The first-order chi connectivity index (χ1) is 28.6. The summed E-state index contributed by atoms with van der Waals surface area (Å²) < 4.78 is 6.48. The molecule has 16 heteroatoms. The number of carbonyl (C=O) groups is 5. The van der Waals surface area contributed by atoms with Crippen LogP contribution in [0.5, 0.6) is 5.75 Å². The number of anilines is 2. The van der Waals surface area contributed by atoms with Crippen LogP contribution < -0.4 is 19.9 Å². The van der Waals surface area contributed by atoms with E-state index < -0.39 is 29.7 Å². The van der Waals surface area contributed by atoms with Crippen molar-refractivity contribution in [1.82, 2.24) is 30.0 Å². The first-order valence-electron chi connectivity index (χ1n) is 20.8. The molecule has 0 radical (unpaired) electrons. The van der Waals surface area contributed by atoms with Crippen molar-refractivity contribution in [2.24, 2.45) is 16.7 Å². The summed E-state index contributed by atoms with van der Waals surface area (Å²) in [4.78, 5) is 84.0. The minimum Gasteiger partial charge on any atom is -0.489 e. The van der Waals surface area contributed by atoms with E-state index in [1.165, 1.54) is 0 Å². The topological polar surface area (TPSA) is 172 Å². The molecule has 9 rings (SSSR count). The van der Waals surface area contributed by atoms with Gasteiger partial charge in [-0.3, -0.25) is 39.1 Å². The third-order valence-corrected chi connectivity index (χ3v) is 13.9. The van der Waals surface area contributed by atoms with E-state index in [9.17, 15) is 29.2 Å². The van der Waals surface area contributed by atoms with Crippen LogP contribution in [0.3, 0.4) is 0 Å². The van der Waals surface area contributed by atoms with Crippen LogP contribution in [-0.2, 0) is 16.1 Å². The lowest BCUT2D eigenvalue weighted by Crippen LogP contribution is -2.74. The van der Waals surface area contributed by atoms with E-state index in [2.05, 4.69) is 58.8 Å². The molecule has 3 aromatic rings. The van der Waals surface area contributed by atoms with Crippen LogP contribution in [0, 0.1) is 28.1 Å². The molecule has 1 atom stereocenters. The number of imide groups is 2. The van der Waals surface area contributed by atoms with Gasteiger partial charge in [-0.2, -0.15) is 5.26 Å². The lowest BCUT2D eigenvalue weighted by Gasteiger charge is -2.65. The predicted octanol–water partition coefficient (Wildman–Crippen LogP) is 4.28. The van der Waals surface area contributed by atoms with E-state index in [1.54, 1.807) is 36.5 Å². The van der Waals surface area contributed by atoms with Gasteiger partial charge in [-0.05, 0) is 55.5 Å². The summed E-state index contributed by atoms with van der Waals surface area (Å²) in [5.74, 6) is -0.274. The van der Waals surface area contributed by atoms with Gasteiger partial charge in [0.05, 0.1) is 39.5 Å². The Morgan fingerprint density at radius 3 is 2.25 bits per heavy atom. The average Bonchev–Trinajstić information content (AvgIpc) is 3.67. The molecule has 0 spiro atoms. The Morgan fingerprint density at radius 2 is 1.57 bits per heavy atom. The second-order valence-corrected chi connectivity index (χ2v) is 18.6. The Labute approximate surface area is 353 Å². The Balaban J connectivity index is 0.766. The van der Waals surface area contributed by atoms with E-state index in [4.69, 9.17) is 21.3 Å². The number of aromatic nitrogens is 2. The molecule has 1 aliphatic carbocycles. The Morgan fingerprint density at radius 1 is 0.850 bits per heavy atom. The van der Waals surface area contributed by atoms with Crippen molar-refractivity contribution in [3.05, 3.63) is 75.6 Å². The van der Waals surface area contributed by atoms with Crippen molar-refractivity contribution in [3.63, 3.8) is 0 Å². The van der Waals surface area contributed by atoms with Gasteiger partial charge in [0, 0.05) is 87.1 Å². The summed E-state index contributed by atoms with van der Waals surface area (Å²) in [5.41, 5.74) is 2.41. The lowest BCUT2D eigenvalue weighted by molar-refractivity contribution is -0.199. The monoisotopic (exact) mass is 833 g/mol. The first kappa shape index (κ1) is 39.8. The van der Waals surface area contributed by atoms with Crippen LogP contribution in [-0.4, -0.2) is 118 Å². The number of fused-ring (bicyclic) bond motifs is 2. The number of piperidine rings is 2. The number of nitriles is 1. The number of carbonyl (C=O) groups excluding carboxylic acids is 5. The Bertz CT molecular complexity index is 2350. The molecule has 1 unspecified atom stereocenters. The van der Waals surface area contributed by atoms with Crippen LogP contribution in [0.2, 0.25) is 5.02 Å². The molecular formula is C44H48ClN9O6. The molecule has 5 amide bonds. The van der Waals surface area contributed by atoms with Gasteiger partial charge in [-0.25, -0.2) is 9.97 Å². The summed E-state index contributed by atoms with van der Waals surface area (Å²) in [6.45, 7) is 14.9.